The first-order chi connectivity index (χ1) is 15.6. The van der Waals surface area contributed by atoms with Crippen molar-refractivity contribution >= 4 is 23.4 Å². The second-order valence-corrected chi connectivity index (χ2v) is 7.35. The Balaban J connectivity index is 1.34. The number of ether oxygens (including phenoxy) is 2. The number of carbonyl (C=O) groups excluding carboxylic acids is 3. The summed E-state index contributed by atoms with van der Waals surface area (Å²) in [7, 11) is 1.55. The SMILES string of the molecule is COc1ccccc1NCC(=O)NNC(=O)C1CCN(C(=O)COc2ccccc2)CC1. The molecule has 0 unspecified atom stereocenters. The van der Waals surface area contributed by atoms with Crippen molar-refractivity contribution in [2.45, 2.75) is 12.8 Å². The molecule has 3 N–H and O–H groups in total. The highest BCUT2D eigenvalue weighted by Crippen LogP contribution is 2.22. The average molecular weight is 441 g/mol. The van der Waals surface area contributed by atoms with Gasteiger partial charge in [-0.2, -0.15) is 0 Å². The smallest absolute Gasteiger partial charge is 0.260 e. The van der Waals surface area contributed by atoms with E-state index in [1.165, 1.54) is 0 Å². The van der Waals surface area contributed by atoms with E-state index < -0.39 is 0 Å². The Labute approximate surface area is 187 Å². The standard InChI is InChI=1S/C23H28N4O5/c1-31-20-10-6-5-9-19(20)24-15-21(28)25-26-23(30)17-11-13-27(14-12-17)22(29)16-32-18-7-3-2-4-8-18/h2-10,17,24H,11-16H2,1H3,(H,25,28)(H,26,30). The first kappa shape index (κ1) is 22.9. The Morgan fingerprint density at radius 2 is 1.66 bits per heavy atom. The number of hydrogen-bond donors (Lipinski definition) is 3. The van der Waals surface area contributed by atoms with Crippen LogP contribution >= 0.6 is 0 Å². The third-order valence-corrected chi connectivity index (χ3v) is 5.20. The van der Waals surface area contributed by atoms with E-state index in [4.69, 9.17) is 9.47 Å². The van der Waals surface area contributed by atoms with Gasteiger partial charge in [0.05, 0.1) is 19.3 Å². The number of rotatable bonds is 8. The van der Waals surface area contributed by atoms with Crippen molar-refractivity contribution in [1.29, 1.82) is 0 Å². The minimum Gasteiger partial charge on any atom is -0.495 e. The van der Waals surface area contributed by atoms with Gasteiger partial charge in [0.15, 0.2) is 6.61 Å². The molecule has 9 heteroatoms. The fraction of sp³-hybridized carbons (Fsp3) is 0.348. The number of hydrazine groups is 1. The van der Waals surface area contributed by atoms with Crippen LogP contribution < -0.4 is 25.6 Å². The number of nitrogens with zero attached hydrogens (tertiary/aromatic N) is 1. The van der Waals surface area contributed by atoms with Crippen LogP contribution in [0.1, 0.15) is 12.8 Å². The van der Waals surface area contributed by atoms with Gasteiger partial charge in [0.1, 0.15) is 11.5 Å². The molecule has 0 bridgehead atoms. The van der Waals surface area contributed by atoms with E-state index in [-0.39, 0.29) is 36.8 Å². The molecule has 1 fully saturated rings. The molecule has 2 aromatic carbocycles. The number of likely N-dealkylation sites (tertiary alicyclic amines) is 1. The summed E-state index contributed by atoms with van der Waals surface area (Å²) in [6, 6.07) is 16.4. The predicted molar refractivity (Wildman–Crippen MR) is 119 cm³/mol. The van der Waals surface area contributed by atoms with Crippen LogP contribution in [0.25, 0.3) is 0 Å². The van der Waals surface area contributed by atoms with E-state index in [0.717, 1.165) is 0 Å². The molecular formula is C23H28N4O5. The Bertz CT molecular complexity index is 914. The molecule has 0 aliphatic carbocycles. The zero-order chi connectivity index (χ0) is 22.8. The lowest BCUT2D eigenvalue weighted by Crippen LogP contribution is -2.49. The Morgan fingerprint density at radius 1 is 0.969 bits per heavy atom. The van der Waals surface area contributed by atoms with Crippen LogP contribution in [0.15, 0.2) is 54.6 Å². The van der Waals surface area contributed by atoms with Gasteiger partial charge >= 0.3 is 0 Å². The molecule has 1 heterocycles. The lowest BCUT2D eigenvalue weighted by atomic mass is 9.96. The van der Waals surface area contributed by atoms with Crippen molar-refractivity contribution in [3.8, 4) is 11.5 Å². The number of benzene rings is 2. The third-order valence-electron chi connectivity index (χ3n) is 5.20. The second kappa shape index (κ2) is 11.6. The first-order valence-corrected chi connectivity index (χ1v) is 10.5. The molecule has 1 saturated heterocycles. The van der Waals surface area contributed by atoms with E-state index in [1.807, 2.05) is 30.3 Å². The van der Waals surface area contributed by atoms with Gasteiger partial charge in [-0.05, 0) is 37.1 Å². The van der Waals surface area contributed by atoms with Gasteiger partial charge in [0.25, 0.3) is 11.8 Å². The molecule has 1 aliphatic heterocycles. The van der Waals surface area contributed by atoms with Crippen LogP contribution in [-0.4, -0.2) is 56.0 Å². The zero-order valence-corrected chi connectivity index (χ0v) is 18.0. The summed E-state index contributed by atoms with van der Waals surface area (Å²) in [5.74, 6) is 0.254. The maximum absolute atomic E-state index is 12.4. The molecule has 3 amide bonds. The van der Waals surface area contributed by atoms with Gasteiger partial charge in [-0.25, -0.2) is 0 Å². The summed E-state index contributed by atoms with van der Waals surface area (Å²) in [4.78, 5) is 38.4. The number of para-hydroxylation sites is 3. The minimum absolute atomic E-state index is 0.0188. The van der Waals surface area contributed by atoms with E-state index in [9.17, 15) is 14.4 Å². The number of hydrogen-bond acceptors (Lipinski definition) is 6. The molecule has 0 atom stereocenters. The average Bonchev–Trinajstić information content (AvgIpc) is 2.85. The summed E-state index contributed by atoms with van der Waals surface area (Å²) in [6.45, 7) is 0.891. The highest BCUT2D eigenvalue weighted by atomic mass is 16.5. The fourth-order valence-corrected chi connectivity index (χ4v) is 3.39. The fourth-order valence-electron chi connectivity index (χ4n) is 3.39. The molecule has 32 heavy (non-hydrogen) atoms. The van der Waals surface area contributed by atoms with Crippen molar-refractivity contribution in [2.24, 2.45) is 5.92 Å². The molecule has 0 aromatic heterocycles. The number of carbonyl (C=O) groups is 3. The normalized spacial score (nSPS) is 13.7. The van der Waals surface area contributed by atoms with Crippen LogP contribution in [0.3, 0.4) is 0 Å². The van der Waals surface area contributed by atoms with Crippen LogP contribution in [0, 0.1) is 5.92 Å². The lowest BCUT2D eigenvalue weighted by molar-refractivity contribution is -0.138. The van der Waals surface area contributed by atoms with Crippen LogP contribution in [0.2, 0.25) is 0 Å². The van der Waals surface area contributed by atoms with E-state index in [0.29, 0.717) is 43.1 Å². The lowest BCUT2D eigenvalue weighted by Gasteiger charge is -2.31. The van der Waals surface area contributed by atoms with E-state index in [2.05, 4.69) is 16.2 Å². The van der Waals surface area contributed by atoms with E-state index in [1.54, 1.807) is 36.3 Å². The molecule has 2 aromatic rings. The van der Waals surface area contributed by atoms with Gasteiger partial charge in [0.2, 0.25) is 5.91 Å². The first-order valence-electron chi connectivity index (χ1n) is 10.5. The van der Waals surface area contributed by atoms with Gasteiger partial charge in [0, 0.05) is 19.0 Å². The predicted octanol–water partition coefficient (Wildman–Crippen LogP) is 1.57. The Hall–Kier alpha value is -3.75. The summed E-state index contributed by atoms with van der Waals surface area (Å²) in [5, 5.41) is 2.96. The largest absolute Gasteiger partial charge is 0.495 e. The van der Waals surface area contributed by atoms with Crippen molar-refractivity contribution in [1.82, 2.24) is 15.8 Å². The monoisotopic (exact) mass is 440 g/mol. The summed E-state index contributed by atoms with van der Waals surface area (Å²) >= 11 is 0. The highest BCUT2D eigenvalue weighted by molar-refractivity contribution is 5.86. The quantitative estimate of drug-likeness (QED) is 0.538. The van der Waals surface area contributed by atoms with Gasteiger partial charge < -0.3 is 19.7 Å². The Kier molecular flexibility index (Phi) is 8.30. The number of piperidine rings is 1. The highest BCUT2D eigenvalue weighted by Gasteiger charge is 2.27. The minimum atomic E-state index is -0.380. The van der Waals surface area contributed by atoms with E-state index >= 15 is 0 Å². The number of nitrogens with one attached hydrogen (secondary N) is 3. The van der Waals surface area contributed by atoms with Crippen molar-refractivity contribution < 1.29 is 23.9 Å². The number of amides is 3. The van der Waals surface area contributed by atoms with Crippen LogP contribution in [0.4, 0.5) is 5.69 Å². The maximum atomic E-state index is 12.4. The maximum Gasteiger partial charge on any atom is 0.260 e. The number of anilines is 1. The van der Waals surface area contributed by atoms with Gasteiger partial charge in [-0.1, -0.05) is 30.3 Å². The number of methoxy groups -OCH3 is 1. The molecule has 9 nitrogen and oxygen atoms in total. The summed E-state index contributed by atoms with van der Waals surface area (Å²) in [6.07, 6.45) is 1.05. The van der Waals surface area contributed by atoms with Gasteiger partial charge in [-0.15, -0.1) is 0 Å². The topological polar surface area (TPSA) is 109 Å². The summed E-state index contributed by atoms with van der Waals surface area (Å²) < 4.78 is 10.7. The summed E-state index contributed by atoms with van der Waals surface area (Å²) in [5.41, 5.74) is 5.57. The molecule has 170 valence electrons. The molecule has 0 spiro atoms. The van der Waals surface area contributed by atoms with Crippen molar-refractivity contribution in [3.63, 3.8) is 0 Å². The van der Waals surface area contributed by atoms with Crippen molar-refractivity contribution in [3.05, 3.63) is 54.6 Å². The molecule has 0 saturated carbocycles. The third kappa shape index (κ3) is 6.63. The van der Waals surface area contributed by atoms with Crippen molar-refractivity contribution in [2.75, 3.05) is 38.7 Å². The van der Waals surface area contributed by atoms with Crippen LogP contribution in [0.5, 0.6) is 11.5 Å². The molecule has 1 aliphatic rings. The molecule has 3 rings (SSSR count). The Morgan fingerprint density at radius 3 is 2.38 bits per heavy atom. The molecular weight excluding hydrogens is 412 g/mol. The second-order valence-electron chi connectivity index (χ2n) is 7.35. The van der Waals surface area contributed by atoms with Gasteiger partial charge in [-0.3, -0.25) is 25.2 Å². The molecule has 0 radical (unpaired) electrons. The zero-order valence-electron chi connectivity index (χ0n) is 18.0. The van der Waals surface area contributed by atoms with Crippen LogP contribution in [-0.2, 0) is 14.4 Å².